The Morgan fingerprint density at radius 1 is 0.456 bits per heavy atom. The Balaban J connectivity index is 0.000000279. The number of alkyl halides is 4. The summed E-state index contributed by atoms with van der Waals surface area (Å²) in [5, 5.41) is 26.7. The van der Waals surface area contributed by atoms with Gasteiger partial charge in [0, 0.05) is 49.9 Å². The number of carbonyl (C=O) groups excluding carboxylic acids is 18. The number of benzene rings is 1. The first kappa shape index (κ1) is 114. The lowest BCUT2D eigenvalue weighted by atomic mass is 9.85. The molecule has 40 heteroatoms. The number of nitrogens with one attached hydrogen (secondary N) is 10. The largest absolute Gasteiger partial charge is 0.458 e. The van der Waals surface area contributed by atoms with Gasteiger partial charge in [0.2, 0.25) is 52.8 Å². The number of fused-ring (bicyclic) bond motifs is 3. The number of esters is 3. The molecule has 760 valence electrons. The summed E-state index contributed by atoms with van der Waals surface area (Å²) in [5.74, 6) is -12.9. The maximum Gasteiger partial charge on any atom is 0.331 e. The Labute approximate surface area is 818 Å². The summed E-state index contributed by atoms with van der Waals surface area (Å²) in [4.78, 5) is 241. The average Bonchev–Trinajstić information content (AvgIpc) is 1.53. The number of carbonyl (C=O) groups is 18. The van der Waals surface area contributed by atoms with Crippen LogP contribution in [0.4, 0.5) is 14.4 Å². The lowest BCUT2D eigenvalue weighted by Gasteiger charge is -2.38. The van der Waals surface area contributed by atoms with E-state index in [0.29, 0.717) is 13.0 Å². The summed E-state index contributed by atoms with van der Waals surface area (Å²) in [7, 11) is 0. The highest BCUT2D eigenvalue weighted by Crippen LogP contribution is 2.68. The fraction of sp³-hybridized carbons (Fsp3) is 0.729. The fourth-order valence-corrected chi connectivity index (χ4v) is 19.3. The Morgan fingerprint density at radius 3 is 1.13 bits per heavy atom. The molecule has 0 spiro atoms. The number of urea groups is 3. The molecule has 3 heterocycles. The molecular weight excluding hydrogens is 1840 g/mol. The van der Waals surface area contributed by atoms with Gasteiger partial charge in [-0.3, -0.25) is 57.5 Å². The van der Waals surface area contributed by atoms with Crippen LogP contribution in [0.2, 0.25) is 0 Å². The van der Waals surface area contributed by atoms with Crippen LogP contribution in [0.1, 0.15) is 250 Å². The molecule has 36 nitrogen and oxygen atoms in total. The summed E-state index contributed by atoms with van der Waals surface area (Å²) in [6, 6.07) is -5.03. The maximum absolute atomic E-state index is 14.3. The van der Waals surface area contributed by atoms with Crippen molar-refractivity contribution in [2.45, 2.75) is 336 Å². The highest BCUT2D eigenvalue weighted by molar-refractivity contribution is 6.52. The van der Waals surface area contributed by atoms with E-state index in [1.165, 1.54) is 34.6 Å². The number of ether oxygens (including phenoxy) is 3. The lowest BCUT2D eigenvalue weighted by Crippen LogP contribution is -2.63. The number of piperidine rings is 3. The Morgan fingerprint density at radius 2 is 0.794 bits per heavy atom. The average molecular weight is 1990 g/mol. The zero-order valence-electron chi connectivity index (χ0n) is 83.8. The zero-order valence-corrected chi connectivity index (χ0v) is 86.8. The molecule has 8 aliphatic rings. The second-order valence-electron chi connectivity index (χ2n) is 46.0. The van der Waals surface area contributed by atoms with Crippen molar-refractivity contribution in [2.24, 2.45) is 91.3 Å². The van der Waals surface area contributed by atoms with Crippen molar-refractivity contribution in [1.82, 2.24) is 67.9 Å². The number of rotatable bonds is 34. The molecule has 5 saturated carbocycles. The van der Waals surface area contributed by atoms with Gasteiger partial charge in [-0.05, 0) is 143 Å². The van der Waals surface area contributed by atoms with Crippen LogP contribution >= 0.6 is 46.4 Å². The molecule has 15 amide bonds. The molecular formula is C96H147Cl4N15O21. The smallest absolute Gasteiger partial charge is 0.331 e. The number of ketones is 3. The van der Waals surface area contributed by atoms with Gasteiger partial charge < -0.3 is 93.5 Å². The van der Waals surface area contributed by atoms with E-state index in [4.69, 9.17) is 72.1 Å². The summed E-state index contributed by atoms with van der Waals surface area (Å²) in [6.45, 7) is 51.6. The first-order chi connectivity index (χ1) is 62.0. The number of hydrogen-bond donors (Lipinski definition) is 12. The van der Waals surface area contributed by atoms with Gasteiger partial charge >= 0.3 is 36.0 Å². The Kier molecular flexibility index (Phi) is 35.7. The standard InChI is InChI=1S/C34H47Cl2N5O7.C34H57N5O7.C28H43Cl2N5O7/c1-17(19-11-9-8-10-12-19)48-30(46)26(33(5,6)7)40-31(47)39-25(32(2,3)4)29(45)41-16-20-22(34(20,35)36)23(41)28(44)38-21(15-18-13-14-18)24(42)27(37)43;1-14-16-20(23(40)27(42)35-17-15-2)36-26(41)22-21-19(34(21,12)13)18-39(22)28(43)24(31(3,4)5)37-30(45)38-25(32(6,7)8)29(44)46-33(9,10)11;1-25(2,3)19(33-24(41)34-27(7,8)23(40)42-26(4,5)6)22(39)35-12-14-16(28(14,29)30)17(35)21(38)32-15(11-13-9-10-13)18(36)20(31)37/h8-12,17-18,20-23,25-26H,13-16H2,1-7H3,(H2,37,43)(H,38,44)(H2,39,40,47);15,19-22,24-25H,2,14,16-18H2,1,3-13H3,(H,35,42)(H,36,41)(H2,37,38,45);13-17,19H,9-12H2,1-8H3,(H2,31,37)(H,32,38)(H2,33,34,41)/t17-,20-,21?,22-,23-,25+,26+;19-,20?,21-,22-,24+,25+;14-,15?,16-,17-,19+/m000/s1. The van der Waals surface area contributed by atoms with Gasteiger partial charge in [-0.25, -0.2) is 28.8 Å². The van der Waals surface area contributed by atoms with Crippen LogP contribution in [0.25, 0.3) is 0 Å². The van der Waals surface area contributed by atoms with E-state index in [-0.39, 0.29) is 68.0 Å². The van der Waals surface area contributed by atoms with Crippen molar-refractivity contribution in [3.8, 4) is 0 Å². The van der Waals surface area contributed by atoms with Crippen LogP contribution in [0.3, 0.4) is 0 Å². The maximum atomic E-state index is 14.3. The molecule has 14 N–H and O–H groups in total. The van der Waals surface area contributed by atoms with Gasteiger partial charge in [0.1, 0.15) is 79.8 Å². The van der Waals surface area contributed by atoms with E-state index < -0.39 is 255 Å². The van der Waals surface area contributed by atoms with Gasteiger partial charge in [0.25, 0.3) is 17.7 Å². The van der Waals surface area contributed by atoms with Crippen LogP contribution in [-0.4, -0.2) is 239 Å². The minimum Gasteiger partial charge on any atom is -0.458 e. The first-order valence-electron chi connectivity index (χ1n) is 46.6. The second-order valence-corrected chi connectivity index (χ2v) is 48.9. The molecule has 1 aromatic rings. The number of nitrogens with zero attached hydrogens (tertiary/aromatic N) is 3. The molecule has 3 unspecified atom stereocenters. The minimum absolute atomic E-state index is 0.0375. The number of primary amides is 2. The van der Waals surface area contributed by atoms with E-state index in [9.17, 15) is 86.3 Å². The van der Waals surface area contributed by atoms with Gasteiger partial charge in [-0.15, -0.1) is 53.0 Å². The number of amides is 15. The third-order valence-corrected chi connectivity index (χ3v) is 28.0. The summed E-state index contributed by atoms with van der Waals surface area (Å²) >= 11 is 25.9. The molecule has 0 radical (unpaired) electrons. The third-order valence-electron chi connectivity index (χ3n) is 25.9. The summed E-state index contributed by atoms with van der Waals surface area (Å²) in [5.41, 5.74) is 4.21. The number of hydrogen-bond acceptors (Lipinski definition) is 21. The SMILES string of the molecule is C=CCNC(=O)C(=O)C(CCC)NC(=O)[C@@H]1[C@@H]2[C@H](CN1C(=O)[C@@H](NC(=O)N[C@H](C(=O)OC(C)(C)C)C(C)(C)C)C(C)(C)C)C2(C)C.CC(C)(C)OC(=O)C(C)(C)NC(=O)N[C@H](C(=O)N1C[C@H]2[C@@H]([C@H]1C(=O)NC(CC1CC1)C(=O)C(N)=O)C2(Cl)Cl)C(C)(C)C.C[C@H](OC(=O)[C@@H](NC(=O)N[C@H](C(=O)N1C[C@H]2[C@@H]([C@H]1C(=O)NC(CC1CC1)C(=O)C(N)=O)C2(Cl)Cl)C(C)(C)C)C(C)(C)C)c1ccccc1. The quantitative estimate of drug-likeness (QED) is 0.0101. The van der Waals surface area contributed by atoms with Gasteiger partial charge in [0.05, 0.1) is 18.1 Å². The van der Waals surface area contributed by atoms with Crippen molar-refractivity contribution in [2.75, 3.05) is 26.2 Å². The van der Waals surface area contributed by atoms with E-state index in [2.05, 4.69) is 59.7 Å². The van der Waals surface area contributed by atoms with Crippen LogP contribution in [0.15, 0.2) is 43.0 Å². The number of halogens is 4. The molecule has 18 atom stereocenters. The van der Waals surface area contributed by atoms with Crippen molar-refractivity contribution in [1.29, 1.82) is 0 Å². The first-order valence-corrected chi connectivity index (χ1v) is 48.1. The monoisotopic (exact) mass is 1990 g/mol. The van der Waals surface area contributed by atoms with E-state index >= 15 is 0 Å². The number of nitrogens with two attached hydrogens (primary N) is 2. The van der Waals surface area contributed by atoms with Gasteiger partial charge in [-0.1, -0.05) is 193 Å². The highest BCUT2D eigenvalue weighted by Gasteiger charge is 2.76. The second kappa shape index (κ2) is 42.7. The normalized spacial score (nSPS) is 23.6. The van der Waals surface area contributed by atoms with E-state index in [0.717, 1.165) is 31.2 Å². The summed E-state index contributed by atoms with van der Waals surface area (Å²) in [6.07, 6.45) is 5.66. The molecule has 3 aliphatic heterocycles. The third kappa shape index (κ3) is 28.9. The molecule has 8 fully saturated rings. The van der Waals surface area contributed by atoms with Gasteiger partial charge in [0.15, 0.2) is 0 Å². The Hall–Kier alpha value is -9.42. The minimum atomic E-state index is -1.42. The summed E-state index contributed by atoms with van der Waals surface area (Å²) < 4.78 is 14.1. The predicted octanol–water partition coefficient (Wildman–Crippen LogP) is 8.28. The van der Waals surface area contributed by atoms with Crippen LogP contribution in [-0.2, 0) is 86.1 Å². The van der Waals surface area contributed by atoms with Crippen molar-refractivity contribution < 1.29 is 101 Å². The number of likely N-dealkylation sites (tertiary alicyclic amines) is 3. The molecule has 0 bridgehead atoms. The van der Waals surface area contributed by atoms with E-state index in [1.807, 2.05) is 51.1 Å². The van der Waals surface area contributed by atoms with E-state index in [1.54, 1.807) is 152 Å². The van der Waals surface area contributed by atoms with Crippen molar-refractivity contribution >= 4 is 153 Å². The Bertz CT molecular complexity index is 4720. The molecule has 9 rings (SSSR count). The lowest BCUT2D eigenvalue weighted by molar-refractivity contribution is -0.161. The highest BCUT2D eigenvalue weighted by atomic mass is 35.5. The number of Topliss-reactive ketones (excluding diaryl/α,β-unsaturated/α-hetero) is 3. The molecule has 136 heavy (non-hydrogen) atoms. The zero-order chi connectivity index (χ0) is 104. The fourth-order valence-electron chi connectivity index (χ4n) is 17.6. The van der Waals surface area contributed by atoms with Crippen molar-refractivity contribution in [3.63, 3.8) is 0 Å². The molecule has 3 saturated heterocycles. The topological polar surface area (TPSA) is 517 Å². The molecule has 1 aromatic carbocycles. The van der Waals surface area contributed by atoms with Crippen LogP contribution < -0.4 is 64.6 Å². The van der Waals surface area contributed by atoms with Crippen molar-refractivity contribution in [3.05, 3.63) is 48.6 Å². The predicted molar refractivity (Wildman–Crippen MR) is 510 cm³/mol. The molecule has 0 aromatic heterocycles. The van der Waals surface area contributed by atoms with Crippen LogP contribution in [0, 0.1) is 79.8 Å². The molecule has 5 aliphatic carbocycles. The van der Waals surface area contributed by atoms with Crippen LogP contribution in [0.5, 0.6) is 0 Å². The van der Waals surface area contributed by atoms with Gasteiger partial charge in [-0.2, -0.15) is 0 Å².